The number of nitrogens with zero attached hydrogens (tertiary/aromatic N) is 4. The van der Waals surface area contributed by atoms with Crippen molar-refractivity contribution >= 4 is 35.0 Å². The Hall–Kier alpha value is -2.82. The molecule has 0 saturated carbocycles. The topological polar surface area (TPSA) is 83.6 Å². The van der Waals surface area contributed by atoms with Crippen molar-refractivity contribution in [3.63, 3.8) is 0 Å². The van der Waals surface area contributed by atoms with Crippen LogP contribution in [-0.4, -0.2) is 25.9 Å². The minimum absolute atomic E-state index is 0.189. The maximum absolute atomic E-state index is 12.5. The predicted molar refractivity (Wildman–Crippen MR) is 111 cm³/mol. The normalized spacial score (nSPS) is 11.7. The van der Waals surface area contributed by atoms with Gasteiger partial charge in [0.25, 0.3) is 0 Å². The lowest BCUT2D eigenvalue weighted by Gasteiger charge is -2.12. The Morgan fingerprint density at radius 1 is 1.29 bits per heavy atom. The van der Waals surface area contributed by atoms with Crippen molar-refractivity contribution in [2.45, 2.75) is 24.3 Å². The van der Waals surface area contributed by atoms with Crippen LogP contribution in [0, 0.1) is 18.3 Å². The molecule has 2 aromatic carbocycles. The molecular weight excluding hydrogens is 394 g/mol. The number of hydrogen-bond donors (Lipinski definition) is 1. The number of anilines is 1. The highest BCUT2D eigenvalue weighted by Crippen LogP contribution is 2.28. The van der Waals surface area contributed by atoms with Crippen LogP contribution in [-0.2, 0) is 11.8 Å². The van der Waals surface area contributed by atoms with Gasteiger partial charge in [0.2, 0.25) is 5.91 Å². The van der Waals surface area contributed by atoms with E-state index in [2.05, 4.69) is 15.5 Å². The Kier molecular flexibility index (Phi) is 6.02. The number of benzene rings is 2. The van der Waals surface area contributed by atoms with Gasteiger partial charge in [-0.05, 0) is 37.6 Å². The predicted octanol–water partition coefficient (Wildman–Crippen LogP) is 4.43. The lowest BCUT2D eigenvalue weighted by atomic mass is 10.1. The molecule has 1 heterocycles. The lowest BCUT2D eigenvalue weighted by molar-refractivity contribution is -0.115. The van der Waals surface area contributed by atoms with E-state index in [-0.39, 0.29) is 5.91 Å². The summed E-state index contributed by atoms with van der Waals surface area (Å²) in [5.74, 6) is 0.568. The third kappa shape index (κ3) is 4.19. The van der Waals surface area contributed by atoms with Crippen LogP contribution < -0.4 is 5.32 Å². The summed E-state index contributed by atoms with van der Waals surface area (Å²) >= 11 is 7.34. The van der Waals surface area contributed by atoms with Crippen LogP contribution in [0.1, 0.15) is 18.1 Å². The molecule has 0 unspecified atom stereocenters. The third-order valence-electron chi connectivity index (χ3n) is 4.23. The van der Waals surface area contributed by atoms with Crippen LogP contribution in [0.4, 0.5) is 5.69 Å². The zero-order chi connectivity index (χ0) is 20.3. The van der Waals surface area contributed by atoms with E-state index in [1.54, 1.807) is 25.1 Å². The molecule has 6 nitrogen and oxygen atoms in total. The molecule has 0 bridgehead atoms. The maximum Gasteiger partial charge on any atom is 0.237 e. The molecule has 28 heavy (non-hydrogen) atoms. The van der Waals surface area contributed by atoms with Gasteiger partial charge in [0.05, 0.1) is 15.8 Å². The van der Waals surface area contributed by atoms with E-state index < -0.39 is 5.25 Å². The van der Waals surface area contributed by atoms with Crippen molar-refractivity contribution in [1.82, 2.24) is 14.8 Å². The number of amides is 1. The number of halogens is 1. The van der Waals surface area contributed by atoms with Gasteiger partial charge >= 0.3 is 0 Å². The molecule has 3 aromatic rings. The fraction of sp³-hybridized carbons (Fsp3) is 0.200. The number of nitriles is 1. The van der Waals surface area contributed by atoms with Gasteiger partial charge in [0.15, 0.2) is 11.0 Å². The van der Waals surface area contributed by atoms with E-state index in [1.165, 1.54) is 11.8 Å². The quantitative estimate of drug-likeness (QED) is 0.627. The number of carbonyl (C=O) groups excluding carboxylic acids is 1. The molecule has 8 heteroatoms. The average Bonchev–Trinajstić information content (AvgIpc) is 3.02. The number of hydrogen-bond acceptors (Lipinski definition) is 5. The second kappa shape index (κ2) is 8.46. The summed E-state index contributed by atoms with van der Waals surface area (Å²) in [6.07, 6.45) is 0. The van der Waals surface area contributed by atoms with Gasteiger partial charge in [0.1, 0.15) is 6.07 Å². The van der Waals surface area contributed by atoms with Gasteiger partial charge < -0.3 is 9.88 Å². The van der Waals surface area contributed by atoms with Crippen LogP contribution in [0.5, 0.6) is 0 Å². The number of thioether (sulfide) groups is 1. The van der Waals surface area contributed by atoms with E-state index in [9.17, 15) is 4.79 Å². The largest absolute Gasteiger partial charge is 0.325 e. The van der Waals surface area contributed by atoms with Gasteiger partial charge in [-0.15, -0.1) is 10.2 Å². The molecule has 1 aromatic heterocycles. The highest BCUT2D eigenvalue weighted by Gasteiger charge is 2.20. The smallest absolute Gasteiger partial charge is 0.237 e. The molecule has 0 spiro atoms. The summed E-state index contributed by atoms with van der Waals surface area (Å²) in [5, 5.41) is 20.8. The van der Waals surface area contributed by atoms with E-state index in [0.717, 1.165) is 17.0 Å². The number of rotatable bonds is 5. The first-order valence-electron chi connectivity index (χ1n) is 8.53. The second-order valence-electron chi connectivity index (χ2n) is 6.24. The summed E-state index contributed by atoms with van der Waals surface area (Å²) in [4.78, 5) is 12.5. The average molecular weight is 412 g/mol. The SMILES string of the molecule is Cc1ccccc1-c1nnc(S[C@@H](C)C(=O)Nc2ccc(C#N)c(Cl)c2)n1C. The summed E-state index contributed by atoms with van der Waals surface area (Å²) in [6.45, 7) is 3.82. The van der Waals surface area contributed by atoms with Crippen molar-refractivity contribution in [3.05, 3.63) is 58.6 Å². The van der Waals surface area contributed by atoms with Crippen molar-refractivity contribution in [3.8, 4) is 17.5 Å². The Labute approximate surface area is 172 Å². The summed E-state index contributed by atoms with van der Waals surface area (Å²) < 4.78 is 1.88. The van der Waals surface area contributed by atoms with Crippen molar-refractivity contribution in [2.75, 3.05) is 5.32 Å². The van der Waals surface area contributed by atoms with Crippen molar-refractivity contribution in [2.24, 2.45) is 7.05 Å². The van der Waals surface area contributed by atoms with E-state index in [4.69, 9.17) is 16.9 Å². The molecule has 0 radical (unpaired) electrons. The zero-order valence-electron chi connectivity index (χ0n) is 15.6. The minimum Gasteiger partial charge on any atom is -0.325 e. The standard InChI is InChI=1S/C20H18ClN5OS/c1-12-6-4-5-7-16(12)18-24-25-20(26(18)3)28-13(2)19(27)23-15-9-8-14(11-22)17(21)10-15/h4-10,13H,1-3H3,(H,23,27)/t13-/m0/s1. The highest BCUT2D eigenvalue weighted by atomic mass is 35.5. The Morgan fingerprint density at radius 3 is 2.71 bits per heavy atom. The highest BCUT2D eigenvalue weighted by molar-refractivity contribution is 8.00. The molecule has 0 aliphatic carbocycles. The first kappa shape index (κ1) is 19.9. The molecule has 1 atom stereocenters. The van der Waals surface area contributed by atoms with Gasteiger partial charge in [0, 0.05) is 18.3 Å². The second-order valence-corrected chi connectivity index (χ2v) is 7.95. The Bertz CT molecular complexity index is 1070. The number of carbonyl (C=O) groups is 1. The number of nitrogens with one attached hydrogen (secondary N) is 1. The van der Waals surface area contributed by atoms with Crippen molar-refractivity contribution < 1.29 is 4.79 Å². The van der Waals surface area contributed by atoms with E-state index >= 15 is 0 Å². The zero-order valence-corrected chi connectivity index (χ0v) is 17.2. The molecule has 0 fully saturated rings. The van der Waals surface area contributed by atoms with Crippen LogP contribution in [0.2, 0.25) is 5.02 Å². The molecular formula is C20H18ClN5OS. The van der Waals surface area contributed by atoms with Gasteiger partial charge in [-0.1, -0.05) is 47.6 Å². The van der Waals surface area contributed by atoms with Crippen LogP contribution >= 0.6 is 23.4 Å². The molecule has 3 rings (SSSR count). The van der Waals surface area contributed by atoms with Crippen LogP contribution in [0.25, 0.3) is 11.4 Å². The summed E-state index contributed by atoms with van der Waals surface area (Å²) in [6, 6.07) is 14.7. The van der Waals surface area contributed by atoms with Crippen molar-refractivity contribution in [1.29, 1.82) is 5.26 Å². The van der Waals surface area contributed by atoms with Gasteiger partial charge in [-0.3, -0.25) is 4.79 Å². The fourth-order valence-electron chi connectivity index (χ4n) is 2.61. The molecule has 0 aliphatic rings. The lowest BCUT2D eigenvalue weighted by Crippen LogP contribution is -2.22. The van der Waals surface area contributed by atoms with E-state index in [0.29, 0.717) is 21.4 Å². The fourth-order valence-corrected chi connectivity index (χ4v) is 3.65. The van der Waals surface area contributed by atoms with Crippen LogP contribution in [0.15, 0.2) is 47.6 Å². The Balaban J connectivity index is 1.72. The molecule has 1 amide bonds. The third-order valence-corrected chi connectivity index (χ3v) is 5.68. The molecule has 0 aliphatic heterocycles. The monoisotopic (exact) mass is 411 g/mol. The molecule has 142 valence electrons. The van der Waals surface area contributed by atoms with E-state index in [1.807, 2.05) is 48.9 Å². The minimum atomic E-state index is -0.401. The number of aryl methyl sites for hydroxylation is 1. The number of aromatic nitrogens is 3. The Morgan fingerprint density at radius 2 is 2.04 bits per heavy atom. The summed E-state index contributed by atoms with van der Waals surface area (Å²) in [5.41, 5.74) is 3.02. The van der Waals surface area contributed by atoms with Crippen LogP contribution in [0.3, 0.4) is 0 Å². The maximum atomic E-state index is 12.5. The van der Waals surface area contributed by atoms with Gasteiger partial charge in [-0.25, -0.2) is 0 Å². The first-order valence-corrected chi connectivity index (χ1v) is 9.79. The first-order chi connectivity index (χ1) is 13.4. The van der Waals surface area contributed by atoms with Gasteiger partial charge in [-0.2, -0.15) is 5.26 Å². The summed E-state index contributed by atoms with van der Waals surface area (Å²) in [7, 11) is 1.88. The molecule has 1 N–H and O–H groups in total. The molecule has 0 saturated heterocycles.